The Morgan fingerprint density at radius 3 is 1.63 bits per heavy atom. The molecule has 0 amide bonds. The summed E-state index contributed by atoms with van der Waals surface area (Å²) in [6, 6.07) is 43.2. The Kier molecular flexibility index (Phi) is 5.95. The minimum atomic E-state index is 0.622. The Labute approximate surface area is 239 Å². The molecule has 194 valence electrons. The van der Waals surface area contributed by atoms with Gasteiger partial charge in [-0.1, -0.05) is 71.8 Å². The topological polar surface area (TPSA) is 41.6 Å². The first-order chi connectivity index (χ1) is 20.1. The first-order valence-corrected chi connectivity index (χ1v) is 13.8. The number of nitriles is 1. The molecule has 0 saturated carbocycles. The van der Waals surface area contributed by atoms with E-state index in [0.717, 1.165) is 27.8 Å². The van der Waals surface area contributed by atoms with E-state index >= 15 is 0 Å². The molecule has 0 N–H and O–H groups in total. The molecule has 0 atom stereocenters. The van der Waals surface area contributed by atoms with Crippen LogP contribution >= 0.6 is 0 Å². The molecule has 0 radical (unpaired) electrons. The van der Waals surface area contributed by atoms with Crippen LogP contribution in [0.1, 0.15) is 16.7 Å². The summed E-state index contributed by atoms with van der Waals surface area (Å²) in [7, 11) is 0. The smallest absolute Gasteiger partial charge is 0.0992 e. The molecule has 7 rings (SSSR count). The average Bonchev–Trinajstić information content (AvgIpc) is 3.34. The summed E-state index contributed by atoms with van der Waals surface area (Å²) in [4.78, 5) is 4.17. The van der Waals surface area contributed by atoms with E-state index in [1.807, 2.05) is 24.3 Å². The first kappa shape index (κ1) is 24.6. The van der Waals surface area contributed by atoms with Crippen LogP contribution in [0.3, 0.4) is 0 Å². The predicted octanol–water partition coefficient (Wildman–Crippen LogP) is 9.67. The third-order valence-electron chi connectivity index (χ3n) is 7.79. The van der Waals surface area contributed by atoms with Crippen molar-refractivity contribution in [1.82, 2.24) is 9.55 Å². The fourth-order valence-corrected chi connectivity index (χ4v) is 5.83. The monoisotopic (exact) mass is 525 g/mol. The van der Waals surface area contributed by atoms with Crippen LogP contribution in [0, 0.1) is 25.2 Å². The molecule has 0 bridgehead atoms. The Hall–Kier alpha value is -5.46. The van der Waals surface area contributed by atoms with Crippen LogP contribution in [-0.2, 0) is 0 Å². The summed E-state index contributed by atoms with van der Waals surface area (Å²) in [6.45, 7) is 4.26. The molecule has 0 unspecified atom stereocenters. The maximum absolute atomic E-state index is 9.96. The Morgan fingerprint density at radius 1 is 0.537 bits per heavy atom. The van der Waals surface area contributed by atoms with Gasteiger partial charge in [-0.25, -0.2) is 0 Å². The molecule has 0 aliphatic carbocycles. The van der Waals surface area contributed by atoms with Gasteiger partial charge in [0.1, 0.15) is 0 Å². The Morgan fingerprint density at radius 2 is 1.10 bits per heavy atom. The predicted molar refractivity (Wildman–Crippen MR) is 169 cm³/mol. The van der Waals surface area contributed by atoms with Gasteiger partial charge in [0.25, 0.3) is 0 Å². The van der Waals surface area contributed by atoms with Crippen LogP contribution in [0.2, 0.25) is 0 Å². The number of benzene rings is 5. The van der Waals surface area contributed by atoms with Gasteiger partial charge < -0.3 is 4.57 Å². The zero-order valence-electron chi connectivity index (χ0n) is 23.0. The molecule has 0 spiro atoms. The van der Waals surface area contributed by atoms with Crippen LogP contribution in [0.4, 0.5) is 0 Å². The van der Waals surface area contributed by atoms with E-state index in [2.05, 4.69) is 120 Å². The van der Waals surface area contributed by atoms with Crippen LogP contribution in [0.25, 0.3) is 60.9 Å². The summed E-state index contributed by atoms with van der Waals surface area (Å²) < 4.78 is 2.29. The van der Waals surface area contributed by atoms with Crippen molar-refractivity contribution in [1.29, 1.82) is 5.26 Å². The molecule has 0 aliphatic rings. The quantitative estimate of drug-likeness (QED) is 0.229. The molecule has 2 aromatic heterocycles. The molecule has 2 heterocycles. The van der Waals surface area contributed by atoms with Crippen molar-refractivity contribution >= 4 is 21.8 Å². The molecular weight excluding hydrogens is 498 g/mol. The summed E-state index contributed by atoms with van der Waals surface area (Å²) in [5.41, 5.74) is 13.1. The van der Waals surface area contributed by atoms with E-state index in [1.54, 1.807) is 12.4 Å². The molecular formula is C38H27N3. The van der Waals surface area contributed by atoms with E-state index < -0.39 is 0 Å². The highest BCUT2D eigenvalue weighted by atomic mass is 15.0. The number of hydrogen-bond donors (Lipinski definition) is 0. The average molecular weight is 526 g/mol. The second-order valence-electron chi connectivity index (χ2n) is 10.7. The second-order valence-corrected chi connectivity index (χ2v) is 10.7. The van der Waals surface area contributed by atoms with Crippen molar-refractivity contribution in [3.8, 4) is 45.1 Å². The number of pyridine rings is 1. The summed E-state index contributed by atoms with van der Waals surface area (Å²) in [6.07, 6.45) is 3.57. The van der Waals surface area contributed by atoms with Gasteiger partial charge in [-0.2, -0.15) is 5.26 Å². The fourth-order valence-electron chi connectivity index (χ4n) is 5.83. The highest BCUT2D eigenvalue weighted by Gasteiger charge is 2.16. The minimum Gasteiger partial charge on any atom is -0.309 e. The van der Waals surface area contributed by atoms with Gasteiger partial charge in [0, 0.05) is 28.9 Å². The normalized spacial score (nSPS) is 11.1. The van der Waals surface area contributed by atoms with Crippen molar-refractivity contribution in [3.05, 3.63) is 144 Å². The van der Waals surface area contributed by atoms with Gasteiger partial charge in [0.15, 0.2) is 0 Å². The molecule has 5 aromatic carbocycles. The molecule has 3 heteroatoms. The number of aryl methyl sites for hydroxylation is 2. The van der Waals surface area contributed by atoms with Gasteiger partial charge >= 0.3 is 0 Å². The maximum atomic E-state index is 9.96. The van der Waals surface area contributed by atoms with Gasteiger partial charge in [-0.15, -0.1) is 0 Å². The van der Waals surface area contributed by atoms with Gasteiger partial charge in [0.2, 0.25) is 0 Å². The third-order valence-corrected chi connectivity index (χ3v) is 7.79. The van der Waals surface area contributed by atoms with E-state index in [-0.39, 0.29) is 0 Å². The zero-order chi connectivity index (χ0) is 27.9. The standard InChI is InChI=1S/C38H27N3/c1-25-5-3-7-29(17-25)31-9-11-37-35(22-31)36-23-32(30-8-4-6-26(2)18-30)10-12-38(36)41(37)34-20-27(24-39)19-33(21-34)28-13-15-40-16-14-28/h3-23H,1-2H3. The summed E-state index contributed by atoms with van der Waals surface area (Å²) in [5.74, 6) is 0. The summed E-state index contributed by atoms with van der Waals surface area (Å²) >= 11 is 0. The van der Waals surface area contributed by atoms with Crippen molar-refractivity contribution in [3.63, 3.8) is 0 Å². The molecule has 0 fully saturated rings. The third kappa shape index (κ3) is 4.46. The largest absolute Gasteiger partial charge is 0.309 e. The Bertz CT molecular complexity index is 2030. The second kappa shape index (κ2) is 9.93. The van der Waals surface area contributed by atoms with E-state index in [0.29, 0.717) is 5.56 Å². The first-order valence-electron chi connectivity index (χ1n) is 13.8. The van der Waals surface area contributed by atoms with Gasteiger partial charge in [-0.3, -0.25) is 4.98 Å². The van der Waals surface area contributed by atoms with Crippen LogP contribution < -0.4 is 0 Å². The van der Waals surface area contributed by atoms with Crippen LogP contribution in [-0.4, -0.2) is 9.55 Å². The minimum absolute atomic E-state index is 0.622. The van der Waals surface area contributed by atoms with Crippen molar-refractivity contribution in [2.24, 2.45) is 0 Å². The molecule has 41 heavy (non-hydrogen) atoms. The number of rotatable bonds is 4. The highest BCUT2D eigenvalue weighted by Crippen LogP contribution is 2.38. The summed E-state index contributed by atoms with van der Waals surface area (Å²) in [5, 5.41) is 12.3. The number of hydrogen-bond acceptors (Lipinski definition) is 2. The van der Waals surface area contributed by atoms with E-state index in [9.17, 15) is 5.26 Å². The van der Waals surface area contributed by atoms with Crippen molar-refractivity contribution in [2.75, 3.05) is 0 Å². The molecule has 0 aliphatic heterocycles. The highest BCUT2D eigenvalue weighted by molar-refractivity contribution is 6.11. The van der Waals surface area contributed by atoms with Crippen molar-refractivity contribution < 1.29 is 0 Å². The fraction of sp³-hybridized carbons (Fsp3) is 0.0526. The SMILES string of the molecule is Cc1cccc(-c2ccc3c(c2)c2cc(-c4cccc(C)c4)ccc2n3-c2cc(C#N)cc(-c3ccncc3)c2)c1. The Balaban J connectivity index is 1.52. The van der Waals surface area contributed by atoms with E-state index in [4.69, 9.17) is 0 Å². The number of fused-ring (bicyclic) bond motifs is 3. The molecule has 7 aromatic rings. The van der Waals surface area contributed by atoms with Gasteiger partial charge in [0.05, 0.1) is 22.7 Å². The van der Waals surface area contributed by atoms with Crippen LogP contribution in [0.5, 0.6) is 0 Å². The van der Waals surface area contributed by atoms with E-state index in [1.165, 1.54) is 44.2 Å². The van der Waals surface area contributed by atoms with Gasteiger partial charge in [-0.05, 0) is 102 Å². The lowest BCUT2D eigenvalue weighted by Gasteiger charge is -2.12. The molecule has 3 nitrogen and oxygen atoms in total. The molecule has 0 saturated heterocycles. The van der Waals surface area contributed by atoms with Crippen molar-refractivity contribution in [2.45, 2.75) is 13.8 Å². The number of nitrogens with zero attached hydrogens (tertiary/aromatic N) is 3. The lowest BCUT2D eigenvalue weighted by Crippen LogP contribution is -1.96. The van der Waals surface area contributed by atoms with Crippen LogP contribution in [0.15, 0.2) is 128 Å². The lowest BCUT2D eigenvalue weighted by molar-refractivity contribution is 1.18. The zero-order valence-corrected chi connectivity index (χ0v) is 23.0. The maximum Gasteiger partial charge on any atom is 0.0992 e. The number of aromatic nitrogens is 2. The lowest BCUT2D eigenvalue weighted by atomic mass is 9.99.